The van der Waals surface area contributed by atoms with Crippen LogP contribution in [0.5, 0.6) is 0 Å². The maximum Gasteiger partial charge on any atom is 0.271 e. The monoisotopic (exact) mass is 236 g/mol. The van der Waals surface area contributed by atoms with Crippen molar-refractivity contribution in [3.05, 3.63) is 28.4 Å². The molecule has 1 aliphatic rings. The van der Waals surface area contributed by atoms with Gasteiger partial charge < -0.3 is 16.0 Å². The Morgan fingerprint density at radius 1 is 1.71 bits per heavy atom. The molecule has 0 aliphatic heterocycles. The highest BCUT2D eigenvalue weighted by molar-refractivity contribution is 5.92. The van der Waals surface area contributed by atoms with Crippen molar-refractivity contribution in [2.45, 2.75) is 25.3 Å². The zero-order valence-electron chi connectivity index (χ0n) is 9.69. The SMILES string of the molecule is CC(CN)(NC(=O)c1c[nH]c(=O)cn1)C1CC1. The van der Waals surface area contributed by atoms with E-state index in [4.69, 9.17) is 5.73 Å². The Hall–Kier alpha value is -1.69. The molecule has 1 atom stereocenters. The molecule has 4 N–H and O–H groups in total. The zero-order chi connectivity index (χ0) is 12.5. The van der Waals surface area contributed by atoms with Gasteiger partial charge in [0.15, 0.2) is 0 Å². The Kier molecular flexibility index (Phi) is 2.97. The standard InChI is InChI=1S/C11H16N4O2/c1-11(6-12,7-2-3-7)15-10(17)8-4-14-9(16)5-13-8/h4-5,7H,2-3,6,12H2,1H3,(H,14,16)(H,15,17). The van der Waals surface area contributed by atoms with E-state index in [0.717, 1.165) is 19.0 Å². The molecule has 92 valence electrons. The van der Waals surface area contributed by atoms with Crippen LogP contribution in [0.4, 0.5) is 0 Å². The molecule has 0 aromatic carbocycles. The van der Waals surface area contributed by atoms with Gasteiger partial charge in [-0.25, -0.2) is 4.98 Å². The van der Waals surface area contributed by atoms with Crippen LogP contribution in [0.1, 0.15) is 30.3 Å². The number of nitrogens with one attached hydrogen (secondary N) is 2. The van der Waals surface area contributed by atoms with E-state index >= 15 is 0 Å². The topological polar surface area (TPSA) is 101 Å². The Bertz CT molecular complexity index is 460. The molecule has 0 bridgehead atoms. The van der Waals surface area contributed by atoms with E-state index in [9.17, 15) is 9.59 Å². The fraction of sp³-hybridized carbons (Fsp3) is 0.545. The lowest BCUT2D eigenvalue weighted by Crippen LogP contribution is -2.53. The van der Waals surface area contributed by atoms with Crippen LogP contribution in [-0.2, 0) is 0 Å². The number of rotatable bonds is 4. The summed E-state index contributed by atoms with van der Waals surface area (Å²) in [5.74, 6) is 0.139. The maximum atomic E-state index is 11.9. The fourth-order valence-electron chi connectivity index (χ4n) is 1.83. The summed E-state index contributed by atoms with van der Waals surface area (Å²) in [7, 11) is 0. The first-order valence-corrected chi connectivity index (χ1v) is 5.62. The quantitative estimate of drug-likeness (QED) is 0.663. The van der Waals surface area contributed by atoms with Crippen molar-refractivity contribution in [3.8, 4) is 0 Å². The summed E-state index contributed by atoms with van der Waals surface area (Å²) in [4.78, 5) is 28.9. The van der Waals surface area contributed by atoms with E-state index < -0.39 is 0 Å². The number of H-pyrrole nitrogens is 1. The van der Waals surface area contributed by atoms with E-state index in [-0.39, 0.29) is 22.7 Å². The van der Waals surface area contributed by atoms with Gasteiger partial charge in [0, 0.05) is 12.7 Å². The smallest absolute Gasteiger partial charge is 0.271 e. The van der Waals surface area contributed by atoms with Crippen molar-refractivity contribution >= 4 is 5.91 Å². The van der Waals surface area contributed by atoms with E-state index in [1.165, 1.54) is 6.20 Å². The summed E-state index contributed by atoms with van der Waals surface area (Å²) in [5, 5.41) is 2.89. The molecule has 0 radical (unpaired) electrons. The van der Waals surface area contributed by atoms with Gasteiger partial charge in [-0.05, 0) is 25.7 Å². The number of amides is 1. The second-order valence-electron chi connectivity index (χ2n) is 4.65. The van der Waals surface area contributed by atoms with E-state index in [0.29, 0.717) is 12.5 Å². The third kappa shape index (κ3) is 2.52. The minimum Gasteiger partial charge on any atom is -0.344 e. The van der Waals surface area contributed by atoms with Gasteiger partial charge in [-0.15, -0.1) is 0 Å². The number of nitrogens with zero attached hydrogens (tertiary/aromatic N) is 1. The van der Waals surface area contributed by atoms with Crippen molar-refractivity contribution < 1.29 is 4.79 Å². The van der Waals surface area contributed by atoms with Crippen LogP contribution in [0.15, 0.2) is 17.2 Å². The van der Waals surface area contributed by atoms with Crippen molar-refractivity contribution in [1.82, 2.24) is 15.3 Å². The minimum absolute atomic E-state index is 0.199. The lowest BCUT2D eigenvalue weighted by atomic mass is 9.96. The summed E-state index contributed by atoms with van der Waals surface area (Å²) in [6.45, 7) is 2.33. The molecule has 1 fully saturated rings. The summed E-state index contributed by atoms with van der Waals surface area (Å²) < 4.78 is 0. The Labute approximate surface area is 98.6 Å². The van der Waals surface area contributed by atoms with Gasteiger partial charge in [0.2, 0.25) is 0 Å². The number of aromatic nitrogens is 2. The fourth-order valence-corrected chi connectivity index (χ4v) is 1.83. The first-order chi connectivity index (χ1) is 8.05. The van der Waals surface area contributed by atoms with Crippen LogP contribution < -0.4 is 16.6 Å². The maximum absolute atomic E-state index is 11.9. The minimum atomic E-state index is -0.380. The molecule has 1 aromatic rings. The Balaban J connectivity index is 2.10. The van der Waals surface area contributed by atoms with Crippen LogP contribution in [0.2, 0.25) is 0 Å². The van der Waals surface area contributed by atoms with Crippen LogP contribution >= 0.6 is 0 Å². The summed E-state index contributed by atoms with van der Waals surface area (Å²) >= 11 is 0. The number of carbonyl (C=O) groups is 1. The largest absolute Gasteiger partial charge is 0.344 e. The highest BCUT2D eigenvalue weighted by Crippen LogP contribution is 2.39. The number of carbonyl (C=O) groups excluding carboxylic acids is 1. The van der Waals surface area contributed by atoms with Gasteiger partial charge in [0.25, 0.3) is 11.5 Å². The number of hydrogen-bond acceptors (Lipinski definition) is 4. The molecule has 0 spiro atoms. The normalized spacial score (nSPS) is 18.5. The molecular formula is C11H16N4O2. The summed E-state index contributed by atoms with van der Waals surface area (Å²) in [6, 6.07) is 0. The first kappa shape index (κ1) is 11.8. The van der Waals surface area contributed by atoms with Crippen molar-refractivity contribution in [3.63, 3.8) is 0 Å². The molecule has 0 saturated heterocycles. The molecule has 6 nitrogen and oxygen atoms in total. The van der Waals surface area contributed by atoms with Crippen LogP contribution in [0.3, 0.4) is 0 Å². The van der Waals surface area contributed by atoms with Gasteiger partial charge in [0.1, 0.15) is 5.69 Å². The highest BCUT2D eigenvalue weighted by atomic mass is 16.2. The van der Waals surface area contributed by atoms with E-state index in [2.05, 4.69) is 15.3 Å². The second-order valence-corrected chi connectivity index (χ2v) is 4.65. The second kappa shape index (κ2) is 4.29. The number of nitrogens with two attached hydrogens (primary N) is 1. The van der Waals surface area contributed by atoms with Gasteiger partial charge in [-0.3, -0.25) is 9.59 Å². The molecule has 1 aromatic heterocycles. The zero-order valence-corrected chi connectivity index (χ0v) is 9.69. The van der Waals surface area contributed by atoms with Gasteiger partial charge >= 0.3 is 0 Å². The molecule has 1 aliphatic carbocycles. The van der Waals surface area contributed by atoms with E-state index in [1.807, 2.05) is 6.92 Å². The lowest BCUT2D eigenvalue weighted by Gasteiger charge is -2.29. The summed E-state index contributed by atoms with van der Waals surface area (Å²) in [6.07, 6.45) is 4.58. The van der Waals surface area contributed by atoms with Gasteiger partial charge in [-0.1, -0.05) is 0 Å². The molecule has 1 saturated carbocycles. The Morgan fingerprint density at radius 3 is 2.88 bits per heavy atom. The van der Waals surface area contributed by atoms with Crippen molar-refractivity contribution in [1.29, 1.82) is 0 Å². The molecular weight excluding hydrogens is 220 g/mol. The van der Waals surface area contributed by atoms with Crippen LogP contribution in [-0.4, -0.2) is 28.0 Å². The highest BCUT2D eigenvalue weighted by Gasteiger charge is 2.41. The third-order valence-corrected chi connectivity index (χ3v) is 3.21. The molecule has 1 unspecified atom stereocenters. The third-order valence-electron chi connectivity index (χ3n) is 3.21. The predicted octanol–water partition coefficient (Wildman–Crippen LogP) is -0.373. The molecule has 6 heteroatoms. The summed E-state index contributed by atoms with van der Waals surface area (Å²) in [5.41, 5.74) is 5.20. The average molecular weight is 236 g/mol. The molecule has 1 heterocycles. The average Bonchev–Trinajstić information content (AvgIpc) is 3.13. The lowest BCUT2D eigenvalue weighted by molar-refractivity contribution is 0.0892. The molecule has 2 rings (SSSR count). The number of aromatic amines is 1. The molecule has 17 heavy (non-hydrogen) atoms. The van der Waals surface area contributed by atoms with Crippen molar-refractivity contribution in [2.24, 2.45) is 11.7 Å². The van der Waals surface area contributed by atoms with Crippen molar-refractivity contribution in [2.75, 3.05) is 6.54 Å². The molecule has 1 amide bonds. The van der Waals surface area contributed by atoms with Crippen LogP contribution in [0, 0.1) is 5.92 Å². The first-order valence-electron chi connectivity index (χ1n) is 5.62. The number of hydrogen-bond donors (Lipinski definition) is 3. The van der Waals surface area contributed by atoms with Crippen LogP contribution in [0.25, 0.3) is 0 Å². The predicted molar refractivity (Wildman–Crippen MR) is 62.5 cm³/mol. The van der Waals surface area contributed by atoms with Gasteiger partial charge in [-0.2, -0.15) is 0 Å². The van der Waals surface area contributed by atoms with Gasteiger partial charge in [0.05, 0.1) is 11.7 Å². The van der Waals surface area contributed by atoms with E-state index in [1.54, 1.807) is 0 Å². The Morgan fingerprint density at radius 2 is 2.41 bits per heavy atom.